The Bertz CT molecular complexity index is 399. The Morgan fingerprint density at radius 1 is 1.56 bits per heavy atom. The van der Waals surface area contributed by atoms with Gasteiger partial charge in [0.1, 0.15) is 5.82 Å². The highest BCUT2D eigenvalue weighted by Gasteiger charge is 2.28. The second-order valence-electron chi connectivity index (χ2n) is 4.20. The monoisotopic (exact) mass is 283 g/mol. The average Bonchev–Trinajstić information content (AvgIpc) is 2.47. The summed E-state index contributed by atoms with van der Waals surface area (Å²) in [4.78, 5) is 6.90. The lowest BCUT2D eigenvalue weighted by atomic mass is 10.2. The zero-order valence-electron chi connectivity index (χ0n) is 8.95. The maximum atomic E-state index is 5.70. The molecule has 3 rings (SSSR count). The molecule has 2 aliphatic rings. The van der Waals surface area contributed by atoms with Crippen molar-refractivity contribution in [1.29, 1.82) is 0 Å². The lowest BCUT2D eigenvalue weighted by molar-refractivity contribution is 0.109. The number of fused-ring (bicyclic) bond motifs is 3. The van der Waals surface area contributed by atoms with Gasteiger partial charge < -0.3 is 15.0 Å². The molecule has 0 radical (unpaired) electrons. The molecule has 0 aliphatic carbocycles. The van der Waals surface area contributed by atoms with Crippen LogP contribution in [-0.4, -0.2) is 37.3 Å². The minimum Gasteiger partial charge on any atom is -0.374 e. The third-order valence-corrected chi connectivity index (χ3v) is 3.53. The van der Waals surface area contributed by atoms with E-state index in [2.05, 4.69) is 37.2 Å². The molecule has 1 aromatic heterocycles. The first-order chi connectivity index (χ1) is 7.84. The molecule has 0 amide bonds. The largest absolute Gasteiger partial charge is 0.374 e. The van der Waals surface area contributed by atoms with Gasteiger partial charge in [0.25, 0.3) is 0 Å². The van der Waals surface area contributed by atoms with E-state index < -0.39 is 0 Å². The van der Waals surface area contributed by atoms with Crippen LogP contribution in [0.25, 0.3) is 0 Å². The van der Waals surface area contributed by atoms with E-state index in [1.54, 1.807) is 0 Å². The molecule has 0 bridgehead atoms. The predicted octanol–water partition coefficient (Wildman–Crippen LogP) is 1.15. The molecule has 1 atom stereocenters. The molecule has 1 aromatic rings. The van der Waals surface area contributed by atoms with Gasteiger partial charge in [-0.2, -0.15) is 0 Å². The molecule has 4 nitrogen and oxygen atoms in total. The van der Waals surface area contributed by atoms with Crippen LogP contribution in [0.2, 0.25) is 0 Å². The molecular weight excluding hydrogens is 270 g/mol. The topological polar surface area (TPSA) is 37.4 Å². The molecular formula is C11H14BrN3O. The lowest BCUT2D eigenvalue weighted by Crippen LogP contribution is -2.53. The van der Waals surface area contributed by atoms with Crippen molar-refractivity contribution in [3.63, 3.8) is 0 Å². The van der Waals surface area contributed by atoms with E-state index in [0.29, 0.717) is 12.6 Å². The van der Waals surface area contributed by atoms with Crippen molar-refractivity contribution in [2.45, 2.75) is 12.6 Å². The van der Waals surface area contributed by atoms with E-state index >= 15 is 0 Å². The summed E-state index contributed by atoms with van der Waals surface area (Å²) >= 11 is 3.45. The molecule has 1 unspecified atom stereocenters. The number of halogens is 1. The summed E-state index contributed by atoms with van der Waals surface area (Å²) in [6, 6.07) is 2.52. The molecule has 0 aromatic carbocycles. The average molecular weight is 284 g/mol. The molecule has 16 heavy (non-hydrogen) atoms. The molecule has 5 heteroatoms. The van der Waals surface area contributed by atoms with Crippen LogP contribution in [0.15, 0.2) is 16.7 Å². The number of pyridine rings is 1. The summed E-state index contributed by atoms with van der Waals surface area (Å²) in [5, 5.41) is 3.40. The minimum absolute atomic E-state index is 0.420. The standard InChI is InChI=1S/C11H14BrN3O/c12-9-3-8-6-16-7-10-5-13-1-2-15(10)11(8)14-4-9/h3-4,10,13H,1-2,5-7H2. The highest BCUT2D eigenvalue weighted by molar-refractivity contribution is 9.10. The number of anilines is 1. The van der Waals surface area contributed by atoms with Crippen molar-refractivity contribution >= 4 is 21.7 Å². The number of piperazine rings is 1. The highest BCUT2D eigenvalue weighted by Crippen LogP contribution is 2.27. The summed E-state index contributed by atoms with van der Waals surface area (Å²) in [5.74, 6) is 1.09. The summed E-state index contributed by atoms with van der Waals surface area (Å²) < 4.78 is 6.72. The van der Waals surface area contributed by atoms with Crippen LogP contribution in [0.5, 0.6) is 0 Å². The van der Waals surface area contributed by atoms with Gasteiger partial charge in [-0.05, 0) is 22.0 Å². The quantitative estimate of drug-likeness (QED) is 0.775. The van der Waals surface area contributed by atoms with Crippen molar-refractivity contribution in [2.24, 2.45) is 0 Å². The zero-order chi connectivity index (χ0) is 11.0. The zero-order valence-corrected chi connectivity index (χ0v) is 10.5. The van der Waals surface area contributed by atoms with Crippen LogP contribution in [0.1, 0.15) is 5.56 Å². The molecule has 2 aliphatic heterocycles. The van der Waals surface area contributed by atoms with Gasteiger partial charge in [0.05, 0.1) is 19.3 Å². The van der Waals surface area contributed by atoms with Gasteiger partial charge in [-0.3, -0.25) is 0 Å². The smallest absolute Gasteiger partial charge is 0.134 e. The molecule has 0 saturated carbocycles. The fourth-order valence-electron chi connectivity index (χ4n) is 2.33. The van der Waals surface area contributed by atoms with Crippen LogP contribution in [0, 0.1) is 0 Å². The fourth-order valence-corrected chi connectivity index (χ4v) is 2.71. The van der Waals surface area contributed by atoms with Gasteiger partial charge in [0.2, 0.25) is 0 Å². The highest BCUT2D eigenvalue weighted by atomic mass is 79.9. The van der Waals surface area contributed by atoms with Gasteiger partial charge in [0, 0.05) is 35.9 Å². The molecule has 1 saturated heterocycles. The van der Waals surface area contributed by atoms with Gasteiger partial charge in [0.15, 0.2) is 0 Å². The predicted molar refractivity (Wildman–Crippen MR) is 65.6 cm³/mol. The summed E-state index contributed by atoms with van der Waals surface area (Å²) in [6.45, 7) is 4.45. The maximum Gasteiger partial charge on any atom is 0.134 e. The molecule has 1 N–H and O–H groups in total. The van der Waals surface area contributed by atoms with Crippen molar-refractivity contribution < 1.29 is 4.74 Å². The Kier molecular flexibility index (Phi) is 2.83. The normalized spacial score (nSPS) is 24.6. The van der Waals surface area contributed by atoms with Crippen LogP contribution >= 0.6 is 15.9 Å². The summed E-state index contributed by atoms with van der Waals surface area (Å²) in [5.41, 5.74) is 1.18. The van der Waals surface area contributed by atoms with Crippen LogP contribution < -0.4 is 10.2 Å². The second kappa shape index (κ2) is 4.31. The minimum atomic E-state index is 0.420. The van der Waals surface area contributed by atoms with Crippen LogP contribution in [0.4, 0.5) is 5.82 Å². The van der Waals surface area contributed by atoms with Crippen molar-refractivity contribution in [2.75, 3.05) is 31.1 Å². The van der Waals surface area contributed by atoms with E-state index in [-0.39, 0.29) is 0 Å². The number of aromatic nitrogens is 1. The van der Waals surface area contributed by atoms with Gasteiger partial charge in [-0.25, -0.2) is 4.98 Å². The van der Waals surface area contributed by atoms with E-state index in [0.717, 1.165) is 36.5 Å². The van der Waals surface area contributed by atoms with Gasteiger partial charge in [-0.15, -0.1) is 0 Å². The number of hydrogen-bond acceptors (Lipinski definition) is 4. The Balaban J connectivity index is 2.00. The third-order valence-electron chi connectivity index (χ3n) is 3.10. The SMILES string of the molecule is Brc1cnc2c(c1)COCC1CNCCN21. The molecule has 86 valence electrons. The Labute approximate surface area is 103 Å². The van der Waals surface area contributed by atoms with Crippen LogP contribution in [0.3, 0.4) is 0 Å². The summed E-state index contributed by atoms with van der Waals surface area (Å²) in [6.07, 6.45) is 1.86. The third kappa shape index (κ3) is 1.83. The molecule has 1 fully saturated rings. The number of rotatable bonds is 0. The molecule has 0 spiro atoms. The van der Waals surface area contributed by atoms with Gasteiger partial charge >= 0.3 is 0 Å². The fraction of sp³-hybridized carbons (Fsp3) is 0.545. The Hall–Kier alpha value is -0.650. The van der Waals surface area contributed by atoms with E-state index in [9.17, 15) is 0 Å². The number of ether oxygens (including phenoxy) is 1. The first kappa shape index (κ1) is 10.5. The second-order valence-corrected chi connectivity index (χ2v) is 5.12. The first-order valence-electron chi connectivity index (χ1n) is 5.54. The lowest BCUT2D eigenvalue weighted by Gasteiger charge is -2.35. The number of hydrogen-bond donors (Lipinski definition) is 1. The number of nitrogens with one attached hydrogen (secondary N) is 1. The maximum absolute atomic E-state index is 5.70. The van der Waals surface area contributed by atoms with Crippen molar-refractivity contribution in [3.05, 3.63) is 22.3 Å². The van der Waals surface area contributed by atoms with Crippen molar-refractivity contribution in [1.82, 2.24) is 10.3 Å². The number of nitrogens with zero attached hydrogens (tertiary/aromatic N) is 2. The first-order valence-corrected chi connectivity index (χ1v) is 6.33. The summed E-state index contributed by atoms with van der Waals surface area (Å²) in [7, 11) is 0. The Morgan fingerprint density at radius 3 is 3.44 bits per heavy atom. The van der Waals surface area contributed by atoms with Crippen molar-refractivity contribution in [3.8, 4) is 0 Å². The molecule has 3 heterocycles. The van der Waals surface area contributed by atoms with Crippen LogP contribution in [-0.2, 0) is 11.3 Å². The Morgan fingerprint density at radius 2 is 2.50 bits per heavy atom. The van der Waals surface area contributed by atoms with Gasteiger partial charge in [-0.1, -0.05) is 0 Å². The van der Waals surface area contributed by atoms with E-state index in [4.69, 9.17) is 4.74 Å². The van der Waals surface area contributed by atoms with E-state index in [1.807, 2.05) is 6.20 Å². The van der Waals surface area contributed by atoms with E-state index in [1.165, 1.54) is 5.56 Å².